The first kappa shape index (κ1) is 13.5. The number of anilines is 1. The van der Waals surface area contributed by atoms with E-state index in [0.717, 1.165) is 11.1 Å². The topological polar surface area (TPSA) is 89.8 Å². The second kappa shape index (κ2) is 5.65. The van der Waals surface area contributed by atoms with E-state index in [0.29, 0.717) is 5.69 Å². The van der Waals surface area contributed by atoms with Crippen molar-refractivity contribution in [2.45, 2.75) is 20.0 Å². The summed E-state index contributed by atoms with van der Waals surface area (Å²) >= 11 is 0. The fraction of sp³-hybridized carbons (Fsp3) is 0.417. The number of hydrogen-bond acceptors (Lipinski definition) is 4. The van der Waals surface area contributed by atoms with Crippen LogP contribution in [0.25, 0.3) is 0 Å². The molecule has 0 aliphatic rings. The largest absolute Gasteiger partial charge is 0.478 e. The van der Waals surface area contributed by atoms with Gasteiger partial charge in [-0.25, -0.2) is 4.79 Å². The highest BCUT2D eigenvalue weighted by molar-refractivity contribution is 5.95. The van der Waals surface area contributed by atoms with E-state index >= 15 is 0 Å². The quantitative estimate of drug-likeness (QED) is 0.609. The molecule has 5 heteroatoms. The molecule has 94 valence electrons. The van der Waals surface area contributed by atoms with Crippen molar-refractivity contribution >= 4 is 11.7 Å². The Labute approximate surface area is 99.7 Å². The summed E-state index contributed by atoms with van der Waals surface area (Å²) in [6.45, 7) is 3.37. The smallest absolute Gasteiger partial charge is 0.337 e. The van der Waals surface area contributed by atoms with Crippen molar-refractivity contribution in [3.8, 4) is 0 Å². The highest BCUT2D eigenvalue weighted by atomic mass is 16.4. The molecule has 0 bridgehead atoms. The Morgan fingerprint density at radius 1 is 1.41 bits per heavy atom. The molecular formula is C12H17NO4. The maximum Gasteiger partial charge on any atom is 0.337 e. The number of hydrogen-bond donors (Lipinski definition) is 4. The third-order valence-electron chi connectivity index (χ3n) is 2.44. The number of rotatable bonds is 5. The summed E-state index contributed by atoms with van der Waals surface area (Å²) in [4.78, 5) is 11.1. The van der Waals surface area contributed by atoms with E-state index in [2.05, 4.69) is 5.32 Å². The molecule has 1 unspecified atom stereocenters. The van der Waals surface area contributed by atoms with Gasteiger partial charge in [0.05, 0.1) is 24.0 Å². The van der Waals surface area contributed by atoms with Crippen LogP contribution >= 0.6 is 0 Å². The normalized spacial score (nSPS) is 12.2. The number of nitrogens with one attached hydrogen (secondary N) is 1. The molecule has 17 heavy (non-hydrogen) atoms. The Hall–Kier alpha value is -1.59. The summed E-state index contributed by atoms with van der Waals surface area (Å²) in [5.74, 6) is -1.02. The molecule has 0 heterocycles. The van der Waals surface area contributed by atoms with Crippen molar-refractivity contribution in [1.82, 2.24) is 0 Å². The van der Waals surface area contributed by atoms with Crippen LogP contribution in [0.3, 0.4) is 0 Å². The molecule has 1 atom stereocenters. The van der Waals surface area contributed by atoms with E-state index in [1.807, 2.05) is 13.0 Å². The Morgan fingerprint density at radius 2 is 2.06 bits per heavy atom. The van der Waals surface area contributed by atoms with Gasteiger partial charge in [-0.05, 0) is 31.0 Å². The number of carbonyl (C=O) groups is 1. The maximum absolute atomic E-state index is 11.1. The lowest BCUT2D eigenvalue weighted by Crippen LogP contribution is -2.24. The molecule has 1 rings (SSSR count). The molecule has 0 saturated heterocycles. The number of benzene rings is 1. The van der Waals surface area contributed by atoms with Gasteiger partial charge in [0.15, 0.2) is 0 Å². The van der Waals surface area contributed by atoms with Gasteiger partial charge in [-0.1, -0.05) is 6.07 Å². The summed E-state index contributed by atoms with van der Waals surface area (Å²) < 4.78 is 0. The average Bonchev–Trinajstić information content (AvgIpc) is 2.26. The van der Waals surface area contributed by atoms with Crippen LogP contribution in [0.2, 0.25) is 0 Å². The number of aliphatic hydroxyl groups excluding tert-OH is 2. The van der Waals surface area contributed by atoms with E-state index in [1.165, 1.54) is 0 Å². The third-order valence-corrected chi connectivity index (χ3v) is 2.44. The lowest BCUT2D eigenvalue weighted by atomic mass is 10.0. The standard InChI is InChI=1S/C12H17NO4/c1-7-3-8(2)11(10(4-7)12(16)17)13-5-9(15)6-14/h3-4,9,13-15H,5-6H2,1-2H3,(H,16,17). The van der Waals surface area contributed by atoms with Crippen molar-refractivity contribution in [3.05, 3.63) is 28.8 Å². The van der Waals surface area contributed by atoms with Crippen LogP contribution in [0.15, 0.2) is 12.1 Å². The maximum atomic E-state index is 11.1. The first-order chi connectivity index (χ1) is 7.95. The molecule has 0 saturated carbocycles. The van der Waals surface area contributed by atoms with Crippen molar-refractivity contribution < 1.29 is 20.1 Å². The lowest BCUT2D eigenvalue weighted by molar-refractivity contribution is 0.0697. The second-order valence-electron chi connectivity index (χ2n) is 4.03. The summed E-state index contributed by atoms with van der Waals surface area (Å²) in [7, 11) is 0. The monoisotopic (exact) mass is 239 g/mol. The van der Waals surface area contributed by atoms with Gasteiger partial charge in [0.1, 0.15) is 0 Å². The summed E-state index contributed by atoms with van der Waals surface area (Å²) in [5.41, 5.74) is 2.32. The third kappa shape index (κ3) is 3.44. The molecule has 1 aromatic rings. The summed E-state index contributed by atoms with van der Waals surface area (Å²) in [6.07, 6.45) is -0.905. The predicted octanol–water partition coefficient (Wildman–Crippen LogP) is 0.767. The molecular weight excluding hydrogens is 222 g/mol. The number of carboxylic acids is 1. The van der Waals surface area contributed by atoms with Crippen LogP contribution in [-0.2, 0) is 0 Å². The molecule has 1 aromatic carbocycles. The zero-order valence-electron chi connectivity index (χ0n) is 9.90. The minimum absolute atomic E-state index is 0.112. The zero-order chi connectivity index (χ0) is 13.0. The first-order valence-electron chi connectivity index (χ1n) is 5.33. The lowest BCUT2D eigenvalue weighted by Gasteiger charge is -2.15. The Kier molecular flexibility index (Phi) is 4.48. The molecule has 0 aliphatic carbocycles. The molecule has 0 spiro atoms. The van der Waals surface area contributed by atoms with Gasteiger partial charge in [0.2, 0.25) is 0 Å². The van der Waals surface area contributed by atoms with Gasteiger partial charge < -0.3 is 20.6 Å². The van der Waals surface area contributed by atoms with Gasteiger partial charge in [-0.3, -0.25) is 0 Å². The minimum atomic E-state index is -1.02. The minimum Gasteiger partial charge on any atom is -0.478 e. The number of aryl methyl sites for hydroxylation is 2. The van der Waals surface area contributed by atoms with E-state index in [-0.39, 0.29) is 18.7 Å². The van der Waals surface area contributed by atoms with Crippen LogP contribution in [0, 0.1) is 13.8 Å². The van der Waals surface area contributed by atoms with Crippen LogP contribution in [0.1, 0.15) is 21.5 Å². The van der Waals surface area contributed by atoms with Gasteiger partial charge in [-0.2, -0.15) is 0 Å². The summed E-state index contributed by atoms with van der Waals surface area (Å²) in [6, 6.07) is 3.43. The van der Waals surface area contributed by atoms with Crippen LogP contribution in [-0.4, -0.2) is 40.5 Å². The van der Waals surface area contributed by atoms with Gasteiger partial charge in [0.25, 0.3) is 0 Å². The van der Waals surface area contributed by atoms with Crippen LogP contribution in [0.4, 0.5) is 5.69 Å². The van der Waals surface area contributed by atoms with Crippen molar-refractivity contribution in [3.63, 3.8) is 0 Å². The van der Waals surface area contributed by atoms with Crippen molar-refractivity contribution in [2.75, 3.05) is 18.5 Å². The molecule has 0 aromatic heterocycles. The fourth-order valence-corrected chi connectivity index (χ4v) is 1.66. The average molecular weight is 239 g/mol. The fourth-order valence-electron chi connectivity index (χ4n) is 1.66. The van der Waals surface area contributed by atoms with Crippen molar-refractivity contribution in [2.24, 2.45) is 0 Å². The SMILES string of the molecule is Cc1cc(C)c(NCC(O)CO)c(C(=O)O)c1. The Balaban J connectivity index is 3.00. The van der Waals surface area contributed by atoms with E-state index < -0.39 is 12.1 Å². The molecule has 5 nitrogen and oxygen atoms in total. The predicted molar refractivity (Wildman–Crippen MR) is 64.5 cm³/mol. The highest BCUT2D eigenvalue weighted by Crippen LogP contribution is 2.22. The van der Waals surface area contributed by atoms with Gasteiger partial charge in [0, 0.05) is 6.54 Å². The first-order valence-corrected chi connectivity index (χ1v) is 5.33. The number of aromatic carboxylic acids is 1. The number of carboxylic acid groups (broad SMARTS) is 1. The molecule has 0 fully saturated rings. The Bertz CT molecular complexity index is 417. The van der Waals surface area contributed by atoms with Crippen molar-refractivity contribution in [1.29, 1.82) is 0 Å². The van der Waals surface area contributed by atoms with Gasteiger partial charge >= 0.3 is 5.97 Å². The van der Waals surface area contributed by atoms with Crippen LogP contribution in [0.5, 0.6) is 0 Å². The molecule has 0 radical (unpaired) electrons. The van der Waals surface area contributed by atoms with Gasteiger partial charge in [-0.15, -0.1) is 0 Å². The highest BCUT2D eigenvalue weighted by Gasteiger charge is 2.14. The van der Waals surface area contributed by atoms with E-state index in [9.17, 15) is 9.90 Å². The second-order valence-corrected chi connectivity index (χ2v) is 4.03. The molecule has 4 N–H and O–H groups in total. The Morgan fingerprint density at radius 3 is 2.59 bits per heavy atom. The van der Waals surface area contributed by atoms with E-state index in [4.69, 9.17) is 10.2 Å². The molecule has 0 aliphatic heterocycles. The zero-order valence-corrected chi connectivity index (χ0v) is 9.90. The number of aliphatic hydroxyl groups is 2. The van der Waals surface area contributed by atoms with Crippen LogP contribution < -0.4 is 5.32 Å². The summed E-state index contributed by atoms with van der Waals surface area (Å²) in [5, 5.41) is 29.9. The van der Waals surface area contributed by atoms with E-state index in [1.54, 1.807) is 13.0 Å². The molecule has 0 amide bonds.